The normalized spacial score (nSPS) is 23.3. The topological polar surface area (TPSA) is 61.4 Å². The number of rotatable bonds is 1. The fourth-order valence-electron chi connectivity index (χ4n) is 4.41. The van der Waals surface area contributed by atoms with Crippen LogP contribution >= 0.6 is 0 Å². The molecule has 6 nitrogen and oxygen atoms in total. The molecule has 2 atom stereocenters. The number of anilines is 1. The van der Waals surface area contributed by atoms with Gasteiger partial charge in [-0.15, -0.1) is 0 Å². The largest absolute Gasteiger partial charge is 0.384 e. The van der Waals surface area contributed by atoms with Gasteiger partial charge in [0.2, 0.25) is 0 Å². The molecule has 6 heteroatoms. The molecule has 1 aromatic heterocycles. The van der Waals surface area contributed by atoms with Crippen LogP contribution in [0.2, 0.25) is 0 Å². The number of aryl methyl sites for hydroxylation is 1. The molecule has 2 bridgehead atoms. The molecule has 2 aliphatic rings. The zero-order valence-corrected chi connectivity index (χ0v) is 16.1. The highest BCUT2D eigenvalue weighted by molar-refractivity contribution is 5.93. The van der Waals surface area contributed by atoms with Gasteiger partial charge in [0.1, 0.15) is 0 Å². The van der Waals surface area contributed by atoms with Crippen molar-refractivity contribution in [1.82, 2.24) is 20.0 Å². The Balaban J connectivity index is 1.70. The Hall–Kier alpha value is -2.47. The number of aromatic nitrogens is 2. The van der Waals surface area contributed by atoms with Gasteiger partial charge in [0.05, 0.1) is 18.0 Å². The fourth-order valence-corrected chi connectivity index (χ4v) is 4.41. The minimum atomic E-state index is 0.0217. The highest BCUT2D eigenvalue weighted by atomic mass is 16.2. The van der Waals surface area contributed by atoms with Gasteiger partial charge in [-0.25, -0.2) is 0 Å². The number of hydrogen-bond donors (Lipinski definition) is 1. The summed E-state index contributed by atoms with van der Waals surface area (Å²) in [6, 6.07) is 9.05. The van der Waals surface area contributed by atoms with Crippen LogP contribution in [0.25, 0.3) is 0 Å². The Bertz CT molecular complexity index is 809. The van der Waals surface area contributed by atoms with Gasteiger partial charge in [-0.2, -0.15) is 10.2 Å². The van der Waals surface area contributed by atoms with Crippen molar-refractivity contribution in [3.05, 3.63) is 53.3 Å². The summed E-state index contributed by atoms with van der Waals surface area (Å²) in [5.41, 5.74) is 4.16. The molecule has 0 aliphatic carbocycles. The van der Waals surface area contributed by atoms with Crippen LogP contribution in [0.4, 0.5) is 5.69 Å². The molecule has 1 amide bonds. The average molecular weight is 365 g/mol. The van der Waals surface area contributed by atoms with E-state index in [4.69, 9.17) is 0 Å². The molecular formula is C21H27N5O. The molecule has 2 unspecified atom stereocenters. The molecule has 0 saturated carbocycles. The van der Waals surface area contributed by atoms with Crippen molar-refractivity contribution in [1.29, 1.82) is 0 Å². The number of fused-ring (bicyclic) bond motifs is 3. The second-order valence-corrected chi connectivity index (χ2v) is 7.69. The number of nitrogens with zero attached hydrogens (tertiary/aromatic N) is 4. The summed E-state index contributed by atoms with van der Waals surface area (Å²) in [6.07, 6.45) is 6.60. The minimum Gasteiger partial charge on any atom is -0.384 e. The van der Waals surface area contributed by atoms with E-state index in [1.54, 1.807) is 18.5 Å². The number of carbonyl (C=O) groups excluding carboxylic acids is 1. The number of amides is 1. The minimum absolute atomic E-state index is 0.0217. The molecule has 4 rings (SSSR count). The van der Waals surface area contributed by atoms with Crippen molar-refractivity contribution in [2.24, 2.45) is 0 Å². The lowest BCUT2D eigenvalue weighted by molar-refractivity contribution is 0.0688. The summed E-state index contributed by atoms with van der Waals surface area (Å²) in [7, 11) is 2.20. The first-order chi connectivity index (χ1) is 13.1. The van der Waals surface area contributed by atoms with Crippen LogP contribution < -0.4 is 5.32 Å². The van der Waals surface area contributed by atoms with Gasteiger partial charge in [-0.3, -0.25) is 9.69 Å². The first-order valence-corrected chi connectivity index (χ1v) is 9.73. The van der Waals surface area contributed by atoms with Crippen LogP contribution in [0, 0.1) is 6.92 Å². The first kappa shape index (κ1) is 17.9. The maximum absolute atomic E-state index is 13.2. The van der Waals surface area contributed by atoms with Crippen LogP contribution in [0.5, 0.6) is 0 Å². The summed E-state index contributed by atoms with van der Waals surface area (Å²) < 4.78 is 0. The predicted molar refractivity (Wildman–Crippen MR) is 106 cm³/mol. The van der Waals surface area contributed by atoms with E-state index in [2.05, 4.69) is 52.6 Å². The van der Waals surface area contributed by atoms with Crippen LogP contribution in [0.3, 0.4) is 0 Å². The van der Waals surface area contributed by atoms with E-state index < -0.39 is 0 Å². The van der Waals surface area contributed by atoms with Gasteiger partial charge in [-0.1, -0.05) is 18.2 Å². The van der Waals surface area contributed by atoms with E-state index >= 15 is 0 Å². The third-order valence-electron chi connectivity index (χ3n) is 6.03. The van der Waals surface area contributed by atoms with E-state index in [1.807, 2.05) is 4.90 Å². The molecule has 1 fully saturated rings. The number of para-hydroxylation sites is 1. The Morgan fingerprint density at radius 2 is 2.00 bits per heavy atom. The number of benzene rings is 1. The molecule has 1 N–H and O–H groups in total. The fraction of sp³-hybridized carbons (Fsp3) is 0.476. The quantitative estimate of drug-likeness (QED) is 0.842. The highest BCUT2D eigenvalue weighted by Gasteiger charge is 2.33. The summed E-state index contributed by atoms with van der Waals surface area (Å²) in [6.45, 7) is 4.42. The second-order valence-electron chi connectivity index (χ2n) is 7.69. The molecule has 0 spiro atoms. The molecule has 2 aliphatic heterocycles. The lowest BCUT2D eigenvalue weighted by Gasteiger charge is -2.31. The van der Waals surface area contributed by atoms with E-state index in [9.17, 15) is 4.79 Å². The molecule has 3 heterocycles. The molecular weight excluding hydrogens is 338 g/mol. The zero-order valence-electron chi connectivity index (χ0n) is 16.1. The Kier molecular flexibility index (Phi) is 5.07. The van der Waals surface area contributed by atoms with Crippen LogP contribution in [0.15, 0.2) is 36.7 Å². The van der Waals surface area contributed by atoms with E-state index in [1.165, 1.54) is 23.2 Å². The van der Waals surface area contributed by atoms with E-state index in [0.717, 1.165) is 25.9 Å². The third-order valence-corrected chi connectivity index (χ3v) is 6.03. The maximum Gasteiger partial charge on any atom is 0.255 e. The molecule has 0 radical (unpaired) electrons. The van der Waals surface area contributed by atoms with Crippen molar-refractivity contribution in [3.63, 3.8) is 0 Å². The molecule has 1 saturated heterocycles. The number of likely N-dealkylation sites (N-methyl/N-ethyl adjacent to an activating group) is 1. The highest BCUT2D eigenvalue weighted by Crippen LogP contribution is 2.29. The van der Waals surface area contributed by atoms with Crippen LogP contribution in [-0.4, -0.2) is 58.1 Å². The van der Waals surface area contributed by atoms with Gasteiger partial charge < -0.3 is 10.2 Å². The Labute approximate surface area is 160 Å². The summed E-state index contributed by atoms with van der Waals surface area (Å²) >= 11 is 0. The van der Waals surface area contributed by atoms with Gasteiger partial charge in [-0.05, 0) is 50.4 Å². The van der Waals surface area contributed by atoms with E-state index in [0.29, 0.717) is 24.2 Å². The van der Waals surface area contributed by atoms with Crippen molar-refractivity contribution in [2.75, 3.05) is 25.5 Å². The zero-order chi connectivity index (χ0) is 18.8. The maximum atomic E-state index is 13.2. The molecule has 142 valence electrons. The summed E-state index contributed by atoms with van der Waals surface area (Å²) in [5, 5.41) is 11.3. The van der Waals surface area contributed by atoms with Crippen molar-refractivity contribution in [3.8, 4) is 0 Å². The molecule has 27 heavy (non-hydrogen) atoms. The van der Waals surface area contributed by atoms with E-state index in [-0.39, 0.29) is 5.91 Å². The van der Waals surface area contributed by atoms with Crippen LogP contribution in [0.1, 0.15) is 40.7 Å². The Morgan fingerprint density at radius 3 is 2.81 bits per heavy atom. The summed E-state index contributed by atoms with van der Waals surface area (Å²) in [4.78, 5) is 17.7. The van der Waals surface area contributed by atoms with Crippen molar-refractivity contribution < 1.29 is 4.79 Å². The smallest absolute Gasteiger partial charge is 0.255 e. The first-order valence-electron chi connectivity index (χ1n) is 9.73. The Morgan fingerprint density at radius 1 is 1.15 bits per heavy atom. The second kappa shape index (κ2) is 7.64. The number of carbonyl (C=O) groups is 1. The summed E-state index contributed by atoms with van der Waals surface area (Å²) in [5.74, 6) is 0.0217. The van der Waals surface area contributed by atoms with Gasteiger partial charge in [0.15, 0.2) is 0 Å². The lowest BCUT2D eigenvalue weighted by atomic mass is 10.0. The predicted octanol–water partition coefficient (Wildman–Crippen LogP) is 2.71. The number of hydrogen-bond acceptors (Lipinski definition) is 5. The van der Waals surface area contributed by atoms with Gasteiger partial charge >= 0.3 is 0 Å². The van der Waals surface area contributed by atoms with Crippen molar-refractivity contribution >= 4 is 11.6 Å². The monoisotopic (exact) mass is 365 g/mol. The van der Waals surface area contributed by atoms with Gasteiger partial charge in [0, 0.05) is 37.4 Å². The third kappa shape index (κ3) is 3.67. The van der Waals surface area contributed by atoms with Gasteiger partial charge in [0.25, 0.3) is 5.91 Å². The standard InChI is InChI=1S/C21H27N5O/c1-15-4-3-5-17-13-26(21(27)16-8-11-23-24-12-16)14-19-7-6-18(25(19)2)9-10-22-20(15)17/h3-5,8,11-12,18-19,22H,6-7,9-10,13-14H2,1-2H3. The van der Waals surface area contributed by atoms with Crippen LogP contribution in [-0.2, 0) is 6.54 Å². The SMILES string of the molecule is Cc1cccc2c1NCCC1CCC(CN(C(=O)c3ccnnc3)C2)N1C. The average Bonchev–Trinajstić information content (AvgIpc) is 3.01. The molecule has 1 aromatic carbocycles. The molecule has 2 aromatic rings. The van der Waals surface area contributed by atoms with Crippen molar-refractivity contribution in [2.45, 2.75) is 44.8 Å². The lowest BCUT2D eigenvalue weighted by Crippen LogP contribution is -2.43. The number of nitrogens with one attached hydrogen (secondary N) is 1.